The number of ether oxygens (including phenoxy) is 2. The lowest BCUT2D eigenvalue weighted by atomic mass is 10.1. The Morgan fingerprint density at radius 3 is 2.42 bits per heavy atom. The number of benzene rings is 1. The monoisotopic (exact) mass is 352 g/mol. The molecular formula is C11H17BrN2O4S. The number of hydrogen-bond acceptors (Lipinski definition) is 6. The highest BCUT2D eigenvalue weighted by molar-refractivity contribution is 9.10. The van der Waals surface area contributed by atoms with E-state index in [1.165, 1.54) is 14.2 Å². The standard InChI is InChI=1S/C11H17BrN2O4S/c1-17-9-5-4-7(11(18-2)10(9)12)8(14-13)6-19(3,15)16/h4-5,8,14H,6,13H2,1-3H3. The molecule has 0 fully saturated rings. The fourth-order valence-electron chi connectivity index (χ4n) is 1.72. The van der Waals surface area contributed by atoms with Crippen LogP contribution in [0.25, 0.3) is 0 Å². The molecule has 1 aromatic carbocycles. The van der Waals surface area contributed by atoms with Gasteiger partial charge in [-0.25, -0.2) is 8.42 Å². The van der Waals surface area contributed by atoms with Crippen molar-refractivity contribution in [2.75, 3.05) is 26.2 Å². The lowest BCUT2D eigenvalue weighted by Crippen LogP contribution is -2.33. The van der Waals surface area contributed by atoms with Gasteiger partial charge in [0, 0.05) is 11.8 Å². The van der Waals surface area contributed by atoms with Crippen molar-refractivity contribution in [1.82, 2.24) is 5.43 Å². The maximum absolute atomic E-state index is 11.4. The summed E-state index contributed by atoms with van der Waals surface area (Å²) in [5.74, 6) is 6.40. The van der Waals surface area contributed by atoms with Gasteiger partial charge in [-0.05, 0) is 28.1 Å². The highest BCUT2D eigenvalue weighted by atomic mass is 79.9. The average Bonchev–Trinajstić information content (AvgIpc) is 2.34. The largest absolute Gasteiger partial charge is 0.495 e. The second-order valence-corrected chi connectivity index (χ2v) is 6.99. The van der Waals surface area contributed by atoms with E-state index in [2.05, 4.69) is 21.4 Å². The second-order valence-electron chi connectivity index (χ2n) is 4.02. The zero-order valence-electron chi connectivity index (χ0n) is 10.9. The fourth-order valence-corrected chi connectivity index (χ4v) is 3.29. The number of nitrogens with two attached hydrogens (primary N) is 1. The summed E-state index contributed by atoms with van der Waals surface area (Å²) >= 11 is 3.36. The predicted octanol–water partition coefficient (Wildman–Crippen LogP) is 1.02. The van der Waals surface area contributed by atoms with Crippen LogP contribution in [0.5, 0.6) is 11.5 Å². The van der Waals surface area contributed by atoms with E-state index < -0.39 is 15.9 Å². The maximum Gasteiger partial charge on any atom is 0.149 e. The van der Waals surface area contributed by atoms with Crippen LogP contribution in [0.2, 0.25) is 0 Å². The first-order valence-electron chi connectivity index (χ1n) is 5.38. The number of sulfone groups is 1. The predicted molar refractivity (Wildman–Crippen MR) is 77.0 cm³/mol. The van der Waals surface area contributed by atoms with Crippen LogP contribution in [0.1, 0.15) is 11.6 Å². The average molecular weight is 353 g/mol. The van der Waals surface area contributed by atoms with Gasteiger partial charge in [0.25, 0.3) is 0 Å². The Kier molecular flexibility index (Phi) is 5.60. The van der Waals surface area contributed by atoms with E-state index in [-0.39, 0.29) is 5.75 Å². The number of methoxy groups -OCH3 is 2. The van der Waals surface area contributed by atoms with Crippen molar-refractivity contribution in [3.05, 3.63) is 22.2 Å². The molecule has 0 aliphatic heterocycles. The third-order valence-electron chi connectivity index (χ3n) is 2.56. The minimum absolute atomic E-state index is 0.126. The number of hydrogen-bond donors (Lipinski definition) is 2. The topological polar surface area (TPSA) is 90.7 Å². The van der Waals surface area contributed by atoms with Crippen LogP contribution >= 0.6 is 15.9 Å². The van der Waals surface area contributed by atoms with E-state index in [4.69, 9.17) is 15.3 Å². The van der Waals surface area contributed by atoms with Crippen molar-refractivity contribution in [2.24, 2.45) is 5.84 Å². The molecule has 108 valence electrons. The highest BCUT2D eigenvalue weighted by Crippen LogP contribution is 2.39. The lowest BCUT2D eigenvalue weighted by Gasteiger charge is -2.20. The quantitative estimate of drug-likeness (QED) is 0.586. The molecule has 0 saturated carbocycles. The van der Waals surface area contributed by atoms with Crippen molar-refractivity contribution < 1.29 is 17.9 Å². The Balaban J connectivity index is 3.28. The Labute approximate surface area is 121 Å². The molecule has 19 heavy (non-hydrogen) atoms. The molecule has 0 spiro atoms. The first kappa shape index (κ1) is 16.2. The molecule has 1 atom stereocenters. The summed E-state index contributed by atoms with van der Waals surface area (Å²) in [5.41, 5.74) is 3.14. The second kappa shape index (κ2) is 6.56. The zero-order valence-corrected chi connectivity index (χ0v) is 13.3. The van der Waals surface area contributed by atoms with E-state index >= 15 is 0 Å². The van der Waals surface area contributed by atoms with Gasteiger partial charge < -0.3 is 9.47 Å². The molecule has 0 amide bonds. The first-order valence-corrected chi connectivity index (χ1v) is 8.23. The first-order chi connectivity index (χ1) is 8.84. The van der Waals surface area contributed by atoms with Gasteiger partial charge in [0.2, 0.25) is 0 Å². The van der Waals surface area contributed by atoms with Crippen LogP contribution < -0.4 is 20.7 Å². The number of hydrazine groups is 1. The molecule has 1 rings (SSSR count). The van der Waals surface area contributed by atoms with Crippen molar-refractivity contribution in [1.29, 1.82) is 0 Å². The summed E-state index contributed by atoms with van der Waals surface area (Å²) in [6.45, 7) is 0. The molecule has 8 heteroatoms. The van der Waals surface area contributed by atoms with E-state index in [0.29, 0.717) is 21.5 Å². The minimum Gasteiger partial charge on any atom is -0.495 e. The van der Waals surface area contributed by atoms with Crippen LogP contribution in [0.15, 0.2) is 16.6 Å². The molecule has 0 bridgehead atoms. The van der Waals surface area contributed by atoms with Crippen LogP contribution in [-0.4, -0.2) is 34.6 Å². The molecule has 0 aliphatic rings. The Morgan fingerprint density at radius 2 is 2.00 bits per heavy atom. The van der Waals surface area contributed by atoms with Gasteiger partial charge in [-0.1, -0.05) is 0 Å². The third-order valence-corrected chi connectivity index (χ3v) is 4.25. The van der Waals surface area contributed by atoms with E-state index in [9.17, 15) is 8.42 Å². The van der Waals surface area contributed by atoms with Gasteiger partial charge in [0.05, 0.1) is 26.0 Å². The van der Waals surface area contributed by atoms with Crippen LogP contribution in [0, 0.1) is 0 Å². The maximum atomic E-state index is 11.4. The summed E-state index contributed by atoms with van der Waals surface area (Å²) in [7, 11) is -0.149. The molecule has 1 unspecified atom stereocenters. The molecule has 0 radical (unpaired) electrons. The van der Waals surface area contributed by atoms with Gasteiger partial charge in [0.1, 0.15) is 25.8 Å². The van der Waals surface area contributed by atoms with Gasteiger partial charge >= 0.3 is 0 Å². The van der Waals surface area contributed by atoms with Crippen molar-refractivity contribution in [2.45, 2.75) is 6.04 Å². The summed E-state index contributed by atoms with van der Waals surface area (Å²) < 4.78 is 33.9. The SMILES string of the molecule is COc1ccc(C(CS(C)(=O)=O)NN)c(OC)c1Br. The lowest BCUT2D eigenvalue weighted by molar-refractivity contribution is 0.381. The van der Waals surface area contributed by atoms with Crippen LogP contribution in [0.4, 0.5) is 0 Å². The van der Waals surface area contributed by atoms with Crippen molar-refractivity contribution in [3.63, 3.8) is 0 Å². The summed E-state index contributed by atoms with van der Waals surface area (Å²) in [4.78, 5) is 0. The van der Waals surface area contributed by atoms with E-state index in [1.807, 2.05) is 0 Å². The van der Waals surface area contributed by atoms with Gasteiger partial charge in [0.15, 0.2) is 0 Å². The number of halogens is 1. The molecule has 1 aromatic rings. The van der Waals surface area contributed by atoms with E-state index in [0.717, 1.165) is 6.26 Å². The zero-order chi connectivity index (χ0) is 14.6. The van der Waals surface area contributed by atoms with Crippen molar-refractivity contribution >= 4 is 25.8 Å². The smallest absolute Gasteiger partial charge is 0.149 e. The van der Waals surface area contributed by atoms with Gasteiger partial charge in [-0.2, -0.15) is 0 Å². The molecule has 0 saturated heterocycles. The minimum atomic E-state index is -3.18. The molecule has 3 N–H and O–H groups in total. The Hall–Kier alpha value is -0.830. The fraction of sp³-hybridized carbons (Fsp3) is 0.455. The number of rotatable bonds is 6. The normalized spacial score (nSPS) is 13.1. The van der Waals surface area contributed by atoms with Crippen molar-refractivity contribution in [3.8, 4) is 11.5 Å². The Morgan fingerprint density at radius 1 is 1.37 bits per heavy atom. The van der Waals surface area contributed by atoms with Crippen LogP contribution in [-0.2, 0) is 9.84 Å². The third kappa shape index (κ3) is 4.07. The highest BCUT2D eigenvalue weighted by Gasteiger charge is 2.22. The van der Waals surface area contributed by atoms with E-state index in [1.54, 1.807) is 12.1 Å². The molecule has 0 aliphatic carbocycles. The van der Waals surface area contributed by atoms with Gasteiger partial charge in [-0.3, -0.25) is 11.3 Å². The summed E-state index contributed by atoms with van der Waals surface area (Å²) in [5, 5.41) is 0. The Bertz CT molecular complexity index is 548. The molecule has 0 heterocycles. The number of nitrogens with one attached hydrogen (secondary N) is 1. The van der Waals surface area contributed by atoms with Crippen LogP contribution in [0.3, 0.4) is 0 Å². The summed E-state index contributed by atoms with van der Waals surface area (Å²) in [6.07, 6.45) is 1.16. The molecular weight excluding hydrogens is 336 g/mol. The summed E-state index contributed by atoms with van der Waals surface area (Å²) in [6, 6.07) is 2.87. The molecule has 6 nitrogen and oxygen atoms in total. The van der Waals surface area contributed by atoms with Gasteiger partial charge in [-0.15, -0.1) is 0 Å². The molecule has 0 aromatic heterocycles.